The molecule has 0 saturated carbocycles. The fraction of sp³-hybridized carbons (Fsp3) is 0.167. The molecular weight excluding hydrogens is 378 g/mol. The fourth-order valence-electron chi connectivity index (χ4n) is 2.18. The molecule has 130 valence electrons. The SMILES string of the molecule is CCCSc1oc(-c2ccccc2)nc1S(=O)(=O)c1ccc(Cl)cc1. The molecule has 0 radical (unpaired) electrons. The van der Waals surface area contributed by atoms with E-state index in [2.05, 4.69) is 4.98 Å². The van der Waals surface area contributed by atoms with Crippen LogP contribution in [0.15, 0.2) is 74.0 Å². The van der Waals surface area contributed by atoms with Crippen LogP contribution in [0.1, 0.15) is 13.3 Å². The maximum Gasteiger partial charge on any atom is 0.228 e. The number of rotatable bonds is 6. The molecule has 0 spiro atoms. The number of sulfone groups is 1. The lowest BCUT2D eigenvalue weighted by atomic mass is 10.2. The van der Waals surface area contributed by atoms with Crippen LogP contribution in [0.25, 0.3) is 11.5 Å². The van der Waals surface area contributed by atoms with Crippen LogP contribution in [-0.2, 0) is 9.84 Å². The molecule has 1 aromatic heterocycles. The summed E-state index contributed by atoms with van der Waals surface area (Å²) >= 11 is 7.21. The van der Waals surface area contributed by atoms with Crippen molar-refractivity contribution >= 4 is 33.2 Å². The van der Waals surface area contributed by atoms with Gasteiger partial charge in [0.1, 0.15) is 0 Å². The molecule has 0 amide bonds. The number of aromatic nitrogens is 1. The predicted molar refractivity (Wildman–Crippen MR) is 99.9 cm³/mol. The highest BCUT2D eigenvalue weighted by Crippen LogP contribution is 2.35. The Morgan fingerprint density at radius 2 is 1.76 bits per heavy atom. The predicted octanol–water partition coefficient (Wildman–Crippen LogP) is 5.33. The van der Waals surface area contributed by atoms with E-state index in [0.717, 1.165) is 17.7 Å². The van der Waals surface area contributed by atoms with Gasteiger partial charge in [-0.3, -0.25) is 0 Å². The first kappa shape index (κ1) is 18.0. The Morgan fingerprint density at radius 3 is 2.40 bits per heavy atom. The molecule has 0 unspecified atom stereocenters. The zero-order chi connectivity index (χ0) is 17.9. The highest BCUT2D eigenvalue weighted by atomic mass is 35.5. The lowest BCUT2D eigenvalue weighted by molar-refractivity contribution is 0.470. The Kier molecular flexibility index (Phi) is 5.51. The first-order valence-electron chi connectivity index (χ1n) is 7.72. The van der Waals surface area contributed by atoms with Gasteiger partial charge in [0.25, 0.3) is 0 Å². The van der Waals surface area contributed by atoms with E-state index < -0.39 is 9.84 Å². The van der Waals surface area contributed by atoms with Crippen LogP contribution in [0.5, 0.6) is 0 Å². The quantitative estimate of drug-likeness (QED) is 0.529. The van der Waals surface area contributed by atoms with Gasteiger partial charge in [-0.2, -0.15) is 4.98 Å². The van der Waals surface area contributed by atoms with Crippen LogP contribution in [-0.4, -0.2) is 19.2 Å². The topological polar surface area (TPSA) is 60.2 Å². The molecule has 25 heavy (non-hydrogen) atoms. The number of thioether (sulfide) groups is 1. The zero-order valence-electron chi connectivity index (χ0n) is 13.5. The second-order valence-corrected chi connectivity index (χ2v) is 8.65. The van der Waals surface area contributed by atoms with Crippen molar-refractivity contribution < 1.29 is 12.8 Å². The van der Waals surface area contributed by atoms with Crippen molar-refractivity contribution in [1.29, 1.82) is 0 Å². The van der Waals surface area contributed by atoms with Crippen LogP contribution in [0.3, 0.4) is 0 Å². The highest BCUT2D eigenvalue weighted by molar-refractivity contribution is 8.00. The molecule has 0 atom stereocenters. The van der Waals surface area contributed by atoms with Gasteiger partial charge in [0, 0.05) is 16.3 Å². The third-order valence-electron chi connectivity index (χ3n) is 3.40. The van der Waals surface area contributed by atoms with Crippen molar-refractivity contribution in [3.8, 4) is 11.5 Å². The molecule has 0 aliphatic heterocycles. The minimum atomic E-state index is -3.79. The summed E-state index contributed by atoms with van der Waals surface area (Å²) in [5.41, 5.74) is 0.735. The standard InChI is InChI=1S/C18H16ClNO3S2/c1-2-12-24-18-17(20-16(23-18)13-6-4-3-5-7-13)25(21,22)15-10-8-14(19)9-11-15/h3-11H,2,12H2,1H3. The van der Waals surface area contributed by atoms with E-state index in [4.69, 9.17) is 16.0 Å². The van der Waals surface area contributed by atoms with Gasteiger partial charge in [0.2, 0.25) is 25.8 Å². The van der Waals surface area contributed by atoms with Gasteiger partial charge in [0.15, 0.2) is 0 Å². The third-order valence-corrected chi connectivity index (χ3v) is 6.61. The fourth-order valence-corrected chi connectivity index (χ4v) is 4.69. The van der Waals surface area contributed by atoms with Gasteiger partial charge in [-0.05, 0) is 42.8 Å². The molecular formula is C18H16ClNO3S2. The molecule has 1 heterocycles. The lowest BCUT2D eigenvalue weighted by Crippen LogP contribution is -2.04. The number of hydrogen-bond acceptors (Lipinski definition) is 5. The Balaban J connectivity index is 2.10. The first-order valence-corrected chi connectivity index (χ1v) is 10.6. The number of hydrogen-bond donors (Lipinski definition) is 0. The Morgan fingerprint density at radius 1 is 1.08 bits per heavy atom. The van der Waals surface area contributed by atoms with E-state index in [1.807, 2.05) is 37.3 Å². The van der Waals surface area contributed by atoms with Crippen molar-refractivity contribution in [2.45, 2.75) is 28.4 Å². The maximum atomic E-state index is 13.0. The number of benzene rings is 2. The Bertz CT molecular complexity index is 952. The molecule has 7 heteroatoms. The van der Waals surface area contributed by atoms with E-state index in [1.165, 1.54) is 23.9 Å². The molecule has 3 rings (SSSR count). The maximum absolute atomic E-state index is 13.0. The summed E-state index contributed by atoms with van der Waals surface area (Å²) in [6.07, 6.45) is 0.895. The van der Waals surface area contributed by atoms with Crippen LogP contribution in [0, 0.1) is 0 Å². The second kappa shape index (κ2) is 7.64. The Labute approximate surface area is 156 Å². The normalized spacial score (nSPS) is 11.6. The van der Waals surface area contributed by atoms with Crippen molar-refractivity contribution in [3.63, 3.8) is 0 Å². The average molecular weight is 394 g/mol. The second-order valence-electron chi connectivity index (χ2n) is 5.28. The van der Waals surface area contributed by atoms with Crippen LogP contribution >= 0.6 is 23.4 Å². The molecule has 0 saturated heterocycles. The molecule has 0 aliphatic rings. The first-order chi connectivity index (χ1) is 12.0. The minimum Gasteiger partial charge on any atom is -0.428 e. The van der Waals surface area contributed by atoms with E-state index in [0.29, 0.717) is 16.0 Å². The monoisotopic (exact) mass is 393 g/mol. The van der Waals surface area contributed by atoms with Crippen molar-refractivity contribution in [2.75, 3.05) is 5.75 Å². The summed E-state index contributed by atoms with van der Waals surface area (Å²) in [5.74, 6) is 1.04. The van der Waals surface area contributed by atoms with Gasteiger partial charge in [-0.15, -0.1) is 0 Å². The van der Waals surface area contributed by atoms with Crippen molar-refractivity contribution in [3.05, 3.63) is 59.6 Å². The third kappa shape index (κ3) is 3.92. The lowest BCUT2D eigenvalue weighted by Gasteiger charge is -2.03. The molecule has 2 aromatic carbocycles. The number of nitrogens with zero attached hydrogens (tertiary/aromatic N) is 1. The van der Waals surface area contributed by atoms with Crippen LogP contribution in [0.2, 0.25) is 5.02 Å². The minimum absolute atomic E-state index is 0.0490. The summed E-state index contributed by atoms with van der Waals surface area (Å²) in [4.78, 5) is 4.44. The summed E-state index contributed by atoms with van der Waals surface area (Å²) in [7, 11) is -3.79. The van der Waals surface area contributed by atoms with E-state index >= 15 is 0 Å². The molecule has 0 aliphatic carbocycles. The van der Waals surface area contributed by atoms with E-state index in [-0.39, 0.29) is 9.92 Å². The highest BCUT2D eigenvalue weighted by Gasteiger charge is 2.28. The smallest absolute Gasteiger partial charge is 0.228 e. The summed E-state index contributed by atoms with van der Waals surface area (Å²) in [6, 6.07) is 15.3. The van der Waals surface area contributed by atoms with Crippen LogP contribution in [0.4, 0.5) is 0 Å². The molecule has 0 N–H and O–H groups in total. The average Bonchev–Trinajstić information content (AvgIpc) is 3.06. The molecule has 0 bridgehead atoms. The van der Waals surface area contributed by atoms with E-state index in [9.17, 15) is 8.42 Å². The van der Waals surface area contributed by atoms with Crippen LogP contribution < -0.4 is 0 Å². The zero-order valence-corrected chi connectivity index (χ0v) is 15.9. The van der Waals surface area contributed by atoms with Gasteiger partial charge in [-0.25, -0.2) is 8.42 Å². The van der Waals surface area contributed by atoms with Gasteiger partial charge in [0.05, 0.1) is 4.90 Å². The van der Waals surface area contributed by atoms with E-state index in [1.54, 1.807) is 12.1 Å². The van der Waals surface area contributed by atoms with Gasteiger partial charge in [-0.1, -0.05) is 48.5 Å². The summed E-state index contributed by atoms with van der Waals surface area (Å²) < 4.78 is 31.8. The van der Waals surface area contributed by atoms with Crippen molar-refractivity contribution in [1.82, 2.24) is 4.98 Å². The molecule has 3 aromatic rings. The number of oxazole rings is 1. The van der Waals surface area contributed by atoms with Crippen molar-refractivity contribution in [2.24, 2.45) is 0 Å². The molecule has 0 fully saturated rings. The van der Waals surface area contributed by atoms with Gasteiger partial charge >= 0.3 is 0 Å². The largest absolute Gasteiger partial charge is 0.428 e. The summed E-state index contributed by atoms with van der Waals surface area (Å²) in [5, 5.41) is 0.743. The Hall–Kier alpha value is -1.76. The van der Waals surface area contributed by atoms with Gasteiger partial charge < -0.3 is 4.42 Å². The summed E-state index contributed by atoms with van der Waals surface area (Å²) in [6.45, 7) is 2.02. The molecule has 4 nitrogen and oxygen atoms in total. The number of halogens is 1.